The van der Waals surface area contributed by atoms with E-state index in [1.165, 1.54) is 31.2 Å². The van der Waals surface area contributed by atoms with Crippen LogP contribution in [0.1, 0.15) is 9.75 Å². The Morgan fingerprint density at radius 3 is 0.714 bits per heavy atom. The summed E-state index contributed by atoms with van der Waals surface area (Å²) >= 11 is -3.12. The van der Waals surface area contributed by atoms with Gasteiger partial charge in [-0.3, -0.25) is 0 Å². The molecule has 8 aromatic rings. The van der Waals surface area contributed by atoms with Crippen molar-refractivity contribution in [2.45, 2.75) is 6.42 Å². The van der Waals surface area contributed by atoms with Crippen LogP contribution < -0.4 is 27.3 Å². The molecule has 0 saturated carbocycles. The van der Waals surface area contributed by atoms with E-state index < -0.39 is 36.8 Å². The topological polar surface area (TPSA) is 0 Å². The summed E-state index contributed by atoms with van der Waals surface area (Å²) in [6.45, 7) is 0. The van der Waals surface area contributed by atoms with Crippen molar-refractivity contribution in [2.75, 3.05) is 0 Å². The predicted octanol–water partition coefficient (Wildman–Crippen LogP) is 6.16. The van der Waals surface area contributed by atoms with E-state index in [2.05, 4.69) is 206 Å². The van der Waals surface area contributed by atoms with Crippen LogP contribution in [0.25, 0.3) is 0 Å². The Balaban J connectivity index is 1.24. The average molecular weight is 878 g/mol. The van der Waals surface area contributed by atoms with Crippen LogP contribution in [0.3, 0.4) is 0 Å². The Kier molecular flexibility index (Phi) is 9.73. The van der Waals surface area contributed by atoms with Gasteiger partial charge in [-0.05, 0) is 0 Å². The number of benzene rings is 6. The molecule has 0 N–H and O–H groups in total. The van der Waals surface area contributed by atoms with Gasteiger partial charge < -0.3 is 0 Å². The number of hydrogen-bond donors (Lipinski definition) is 0. The molecule has 0 unspecified atom stereocenters. The third kappa shape index (κ3) is 6.07. The van der Waals surface area contributed by atoms with Crippen molar-refractivity contribution in [1.82, 2.24) is 0 Å². The summed E-state index contributed by atoms with van der Waals surface area (Å²) in [6.07, 6.45) is 0.954. The normalized spacial score (nSPS) is 11.8. The van der Waals surface area contributed by atoms with Crippen molar-refractivity contribution >= 4 is 86.7 Å². The molecule has 0 nitrogen and oxygen atoms in total. The van der Waals surface area contributed by atoms with Crippen molar-refractivity contribution in [1.29, 1.82) is 0 Å². The fraction of sp³-hybridized carbons (Fsp3) is 0.0222. The third-order valence-corrected chi connectivity index (χ3v) is 43.0. The van der Waals surface area contributed by atoms with E-state index in [4.69, 9.17) is 0 Å². The Labute approximate surface area is 306 Å². The van der Waals surface area contributed by atoms with E-state index in [0.717, 1.165) is 6.42 Å². The van der Waals surface area contributed by atoms with Crippen molar-refractivity contribution in [3.8, 4) is 0 Å². The zero-order chi connectivity index (χ0) is 32.9. The van der Waals surface area contributed by atoms with Crippen LogP contribution in [-0.4, -0.2) is 36.8 Å². The third-order valence-electron chi connectivity index (χ3n) is 9.65. The Morgan fingerprint density at radius 2 is 0.490 bits per heavy atom. The van der Waals surface area contributed by atoms with Crippen molar-refractivity contribution in [2.24, 2.45) is 0 Å². The van der Waals surface area contributed by atoms with E-state index in [9.17, 15) is 0 Å². The van der Waals surface area contributed by atoms with Crippen LogP contribution in [0.5, 0.6) is 0 Å². The van der Waals surface area contributed by atoms with E-state index in [1.807, 2.05) is 22.7 Å². The van der Waals surface area contributed by atoms with Gasteiger partial charge in [0.05, 0.1) is 0 Å². The molecule has 0 atom stereocenters. The maximum absolute atomic E-state index is 3.60. The molecule has 0 fully saturated rings. The molecular formula is C45H36S2Sn2. The molecular weight excluding hydrogens is 842 g/mol. The second-order valence-electron chi connectivity index (χ2n) is 12.4. The summed E-state index contributed by atoms with van der Waals surface area (Å²) in [4.78, 5) is 2.87. The van der Waals surface area contributed by atoms with Crippen LogP contribution in [0.15, 0.2) is 206 Å². The second kappa shape index (κ2) is 14.7. The SMILES string of the molecule is c1cc[c]([Sn]([c]2ccccc2)([c]2ccccc2)[c]2ccc(Cc3cc[c]([Sn]([c]4ccccc4)([c]4ccccc4)[c]4ccccc4)s3)s2)cc1. The molecule has 0 amide bonds. The number of hydrogen-bond acceptors (Lipinski definition) is 2. The van der Waals surface area contributed by atoms with E-state index in [1.54, 1.807) is 5.79 Å². The monoisotopic (exact) mass is 880 g/mol. The standard InChI is InChI=1S/C9H6S2.6C6H5.2Sn/c1-3-8(10-5-1)7-9-4-2-6-11-9;6*1-2-4-6-5-3-1;;/h1-4H,7H2;6*1-5H;;. The van der Waals surface area contributed by atoms with Crippen LogP contribution >= 0.6 is 22.7 Å². The van der Waals surface area contributed by atoms with E-state index >= 15 is 0 Å². The van der Waals surface area contributed by atoms with Gasteiger partial charge in [-0.2, -0.15) is 0 Å². The molecule has 2 aromatic heterocycles. The summed E-state index contributed by atoms with van der Waals surface area (Å²) in [5.74, 6) is 0. The van der Waals surface area contributed by atoms with Gasteiger partial charge in [-0.1, -0.05) is 0 Å². The average Bonchev–Trinajstić information content (AvgIpc) is 3.86. The number of rotatable bonds is 10. The van der Waals surface area contributed by atoms with Gasteiger partial charge in [0.2, 0.25) is 0 Å². The summed E-state index contributed by atoms with van der Waals surface area (Å²) in [5, 5.41) is 0. The van der Waals surface area contributed by atoms with Crippen molar-refractivity contribution in [3.05, 3.63) is 216 Å². The molecule has 6 aromatic carbocycles. The zero-order valence-electron chi connectivity index (χ0n) is 27.2. The zero-order valence-corrected chi connectivity index (χ0v) is 34.5. The molecule has 0 radical (unpaired) electrons. The fourth-order valence-electron chi connectivity index (χ4n) is 7.50. The van der Waals surface area contributed by atoms with Gasteiger partial charge >= 0.3 is 309 Å². The van der Waals surface area contributed by atoms with Crippen LogP contribution in [-0.2, 0) is 6.42 Å². The molecule has 49 heavy (non-hydrogen) atoms. The van der Waals surface area contributed by atoms with Crippen LogP contribution in [0.2, 0.25) is 0 Å². The summed E-state index contributed by atoms with van der Waals surface area (Å²) < 4.78 is 12.1. The maximum atomic E-state index is 2.47. The van der Waals surface area contributed by atoms with E-state index in [-0.39, 0.29) is 0 Å². The Bertz CT molecular complexity index is 1870. The minimum atomic E-state index is -3.60. The molecule has 2 heterocycles. The quantitative estimate of drug-likeness (QED) is 0.145. The predicted molar refractivity (Wildman–Crippen MR) is 219 cm³/mol. The van der Waals surface area contributed by atoms with Gasteiger partial charge in [0.1, 0.15) is 0 Å². The first-order chi connectivity index (χ1) is 24.3. The molecule has 0 bridgehead atoms. The molecule has 0 aliphatic carbocycles. The van der Waals surface area contributed by atoms with Gasteiger partial charge in [0.25, 0.3) is 0 Å². The van der Waals surface area contributed by atoms with Crippen molar-refractivity contribution < 1.29 is 0 Å². The van der Waals surface area contributed by atoms with E-state index in [0.29, 0.717) is 0 Å². The first-order valence-corrected chi connectivity index (χ1v) is 29.9. The fourth-order valence-corrected chi connectivity index (χ4v) is 43.4. The second-order valence-corrected chi connectivity index (χ2v) is 38.3. The molecule has 8 rings (SSSR count). The minimum absolute atomic E-state index is 0.954. The van der Waals surface area contributed by atoms with Gasteiger partial charge in [0, 0.05) is 0 Å². The summed E-state index contributed by atoms with van der Waals surface area (Å²) in [5.41, 5.74) is 0. The first kappa shape index (κ1) is 32.5. The molecule has 0 aliphatic heterocycles. The Morgan fingerprint density at radius 1 is 0.265 bits per heavy atom. The molecule has 0 aliphatic rings. The Hall–Kier alpha value is -3.68. The first-order valence-electron chi connectivity index (χ1n) is 16.8. The molecule has 0 spiro atoms. The summed E-state index contributed by atoms with van der Waals surface area (Å²) in [7, 11) is 0. The van der Waals surface area contributed by atoms with Gasteiger partial charge in [-0.15, -0.1) is 0 Å². The molecule has 236 valence electrons. The van der Waals surface area contributed by atoms with Crippen LogP contribution in [0.4, 0.5) is 0 Å². The number of thiophene rings is 2. The van der Waals surface area contributed by atoms with Gasteiger partial charge in [-0.25, -0.2) is 0 Å². The molecule has 4 heteroatoms. The summed E-state index contributed by atoms with van der Waals surface area (Å²) in [6, 6.07) is 77.9. The van der Waals surface area contributed by atoms with Crippen LogP contribution in [0, 0.1) is 0 Å². The van der Waals surface area contributed by atoms with Gasteiger partial charge in [0.15, 0.2) is 0 Å². The van der Waals surface area contributed by atoms with Crippen molar-refractivity contribution in [3.63, 3.8) is 0 Å². The molecule has 0 saturated heterocycles.